The number of aromatic nitrogens is 2. The minimum Gasteiger partial charge on any atom is -0.369 e. The Kier molecular flexibility index (Phi) is 4.46. The molecule has 8 heteroatoms. The van der Waals surface area contributed by atoms with Crippen molar-refractivity contribution in [2.75, 3.05) is 11.9 Å². The predicted octanol–water partition coefficient (Wildman–Crippen LogP) is 6.00. The van der Waals surface area contributed by atoms with E-state index in [-0.39, 0.29) is 15.3 Å². The summed E-state index contributed by atoms with van der Waals surface area (Å²) in [7, 11) is 1.85. The largest absolute Gasteiger partial charge is 0.416 e. The Morgan fingerprint density at radius 2 is 2.00 bits per heavy atom. The molecule has 146 valence electrons. The molecule has 1 atom stereocenters. The molecule has 1 aromatic heterocycles. The first-order chi connectivity index (χ1) is 12.6. The molecule has 1 saturated carbocycles. The van der Waals surface area contributed by atoms with E-state index >= 15 is 0 Å². The Morgan fingerprint density at radius 1 is 1.30 bits per heavy atom. The lowest BCUT2D eigenvalue weighted by Gasteiger charge is -2.28. The first kappa shape index (κ1) is 19.0. The first-order valence-corrected chi connectivity index (χ1v) is 10.2. The van der Waals surface area contributed by atoms with E-state index in [1.165, 1.54) is 6.07 Å². The maximum absolute atomic E-state index is 13.8. The quantitative estimate of drug-likeness (QED) is 0.652. The molecular weight excluding hydrogens is 395 g/mol. The summed E-state index contributed by atoms with van der Waals surface area (Å²) < 4.78 is 43.0. The summed E-state index contributed by atoms with van der Waals surface area (Å²) in [6.07, 6.45) is -2.39. The van der Waals surface area contributed by atoms with Crippen LogP contribution in [0.1, 0.15) is 60.2 Å². The number of aryl methyl sites for hydroxylation is 1. The highest BCUT2D eigenvalue weighted by molar-refractivity contribution is 8.01. The van der Waals surface area contributed by atoms with Crippen LogP contribution in [0, 0.1) is 0 Å². The van der Waals surface area contributed by atoms with Gasteiger partial charge < -0.3 is 5.32 Å². The maximum atomic E-state index is 13.8. The topological polar surface area (TPSA) is 29.9 Å². The summed E-state index contributed by atoms with van der Waals surface area (Å²) in [6.45, 7) is 4.76. The second kappa shape index (κ2) is 6.34. The van der Waals surface area contributed by atoms with Crippen molar-refractivity contribution < 1.29 is 13.2 Å². The lowest BCUT2D eigenvalue weighted by Crippen LogP contribution is -2.26. The van der Waals surface area contributed by atoms with E-state index in [0.29, 0.717) is 12.5 Å². The second-order valence-electron chi connectivity index (χ2n) is 7.89. The Balaban J connectivity index is 1.95. The molecule has 1 aromatic carbocycles. The summed E-state index contributed by atoms with van der Waals surface area (Å²) in [5.41, 5.74) is 1.41. The van der Waals surface area contributed by atoms with E-state index in [1.807, 2.05) is 7.05 Å². The van der Waals surface area contributed by atoms with Crippen molar-refractivity contribution in [3.8, 4) is 0 Å². The molecule has 4 rings (SSSR count). The molecular formula is C19H21ClF3N3S. The van der Waals surface area contributed by atoms with Crippen LogP contribution in [0.25, 0.3) is 0 Å². The highest BCUT2D eigenvalue weighted by Gasteiger charge is 2.43. The standard InChI is InChI=1S/C19H21ClF3N3S/c1-18(2)9-24-17-14(15(10-4-5-10)25-26(17)3)16(27-18)12-7-6-11(20)8-13(12)19(21,22)23/h6-8,10,16,24H,4-5,9H2,1-3H3. The maximum Gasteiger partial charge on any atom is 0.416 e. The van der Waals surface area contributed by atoms with Gasteiger partial charge in [-0.1, -0.05) is 17.7 Å². The Morgan fingerprint density at radius 3 is 2.63 bits per heavy atom. The fourth-order valence-corrected chi connectivity index (χ4v) is 5.27. The Bertz CT molecular complexity index is 887. The van der Waals surface area contributed by atoms with Crippen LogP contribution >= 0.6 is 23.4 Å². The van der Waals surface area contributed by atoms with Gasteiger partial charge in [-0.05, 0) is 44.4 Å². The molecule has 2 aromatic rings. The van der Waals surface area contributed by atoms with Crippen molar-refractivity contribution in [2.24, 2.45) is 7.05 Å². The average molecular weight is 416 g/mol. The predicted molar refractivity (Wildman–Crippen MR) is 104 cm³/mol. The van der Waals surface area contributed by atoms with Crippen LogP contribution in [0.5, 0.6) is 0 Å². The van der Waals surface area contributed by atoms with Crippen molar-refractivity contribution in [1.29, 1.82) is 0 Å². The van der Waals surface area contributed by atoms with Crippen molar-refractivity contribution >= 4 is 29.2 Å². The highest BCUT2D eigenvalue weighted by Crippen LogP contribution is 2.55. The summed E-state index contributed by atoms with van der Waals surface area (Å²) in [4.78, 5) is 0. The van der Waals surface area contributed by atoms with Gasteiger partial charge in [-0.3, -0.25) is 4.68 Å². The Hall–Kier alpha value is -1.34. The SMILES string of the molecule is Cn1nc(C2CC2)c2c1NCC(C)(C)SC2c1ccc(Cl)cc1C(F)(F)F. The average Bonchev–Trinajstić information content (AvgIpc) is 3.35. The monoisotopic (exact) mass is 415 g/mol. The molecule has 1 fully saturated rings. The molecule has 27 heavy (non-hydrogen) atoms. The van der Waals surface area contributed by atoms with Gasteiger partial charge >= 0.3 is 6.18 Å². The number of nitrogens with one attached hydrogen (secondary N) is 1. The van der Waals surface area contributed by atoms with E-state index < -0.39 is 17.0 Å². The van der Waals surface area contributed by atoms with Crippen LogP contribution in [0.3, 0.4) is 0 Å². The van der Waals surface area contributed by atoms with Gasteiger partial charge in [0.1, 0.15) is 5.82 Å². The number of alkyl halides is 3. The van der Waals surface area contributed by atoms with Crippen molar-refractivity contribution in [3.05, 3.63) is 45.6 Å². The Labute approximate surface area is 165 Å². The molecule has 0 saturated heterocycles. The molecule has 0 amide bonds. The summed E-state index contributed by atoms with van der Waals surface area (Å²) >= 11 is 7.47. The van der Waals surface area contributed by atoms with Gasteiger partial charge in [0.05, 0.1) is 16.5 Å². The van der Waals surface area contributed by atoms with E-state index in [0.717, 1.165) is 36.0 Å². The molecule has 1 unspecified atom stereocenters. The number of thioether (sulfide) groups is 1. The zero-order valence-electron chi connectivity index (χ0n) is 15.3. The van der Waals surface area contributed by atoms with Crippen LogP contribution in [0.2, 0.25) is 5.02 Å². The number of nitrogens with zero attached hydrogens (tertiary/aromatic N) is 2. The highest BCUT2D eigenvalue weighted by atomic mass is 35.5. The first-order valence-electron chi connectivity index (χ1n) is 8.92. The van der Waals surface area contributed by atoms with Crippen molar-refractivity contribution in [1.82, 2.24) is 9.78 Å². The smallest absolute Gasteiger partial charge is 0.369 e. The summed E-state index contributed by atoms with van der Waals surface area (Å²) in [5, 5.41) is 7.73. The zero-order valence-corrected chi connectivity index (χ0v) is 16.9. The number of benzene rings is 1. The molecule has 0 spiro atoms. The van der Waals surface area contributed by atoms with E-state index in [4.69, 9.17) is 11.6 Å². The van der Waals surface area contributed by atoms with Crippen LogP contribution in [0.4, 0.5) is 19.0 Å². The van der Waals surface area contributed by atoms with Crippen LogP contribution in [-0.2, 0) is 13.2 Å². The van der Waals surface area contributed by atoms with Gasteiger partial charge in [0, 0.05) is 34.8 Å². The van der Waals surface area contributed by atoms with Crippen LogP contribution < -0.4 is 5.32 Å². The van der Waals surface area contributed by atoms with Gasteiger partial charge in [-0.2, -0.15) is 18.3 Å². The fourth-order valence-electron chi connectivity index (χ4n) is 3.63. The number of rotatable bonds is 2. The van der Waals surface area contributed by atoms with Gasteiger partial charge in [0.15, 0.2) is 0 Å². The third-order valence-corrected chi connectivity index (χ3v) is 6.80. The number of halogens is 4. The van der Waals surface area contributed by atoms with Crippen molar-refractivity contribution in [3.63, 3.8) is 0 Å². The molecule has 2 aliphatic rings. The van der Waals surface area contributed by atoms with Gasteiger partial charge in [-0.15, -0.1) is 11.8 Å². The van der Waals surface area contributed by atoms with E-state index in [9.17, 15) is 13.2 Å². The van der Waals surface area contributed by atoms with Crippen LogP contribution in [-0.4, -0.2) is 21.1 Å². The summed E-state index contributed by atoms with van der Waals surface area (Å²) in [5.74, 6) is 1.16. The van der Waals surface area contributed by atoms with Crippen molar-refractivity contribution in [2.45, 2.75) is 48.8 Å². The number of hydrogen-bond acceptors (Lipinski definition) is 3. The lowest BCUT2D eigenvalue weighted by molar-refractivity contribution is -0.138. The van der Waals surface area contributed by atoms with Gasteiger partial charge in [0.2, 0.25) is 0 Å². The third-order valence-electron chi connectivity index (χ3n) is 5.06. The molecule has 3 nitrogen and oxygen atoms in total. The molecule has 2 heterocycles. The normalized spacial score (nSPS) is 22.1. The summed E-state index contributed by atoms with van der Waals surface area (Å²) in [6, 6.07) is 4.11. The zero-order chi connectivity index (χ0) is 19.6. The number of hydrogen-bond donors (Lipinski definition) is 1. The number of anilines is 1. The lowest BCUT2D eigenvalue weighted by atomic mass is 9.97. The molecule has 1 aliphatic carbocycles. The molecule has 0 bridgehead atoms. The molecule has 1 N–H and O–H groups in total. The number of fused-ring (bicyclic) bond motifs is 1. The van der Waals surface area contributed by atoms with E-state index in [1.54, 1.807) is 22.5 Å². The fraction of sp³-hybridized carbons (Fsp3) is 0.526. The van der Waals surface area contributed by atoms with Gasteiger partial charge in [0.25, 0.3) is 0 Å². The van der Waals surface area contributed by atoms with Gasteiger partial charge in [-0.25, -0.2) is 0 Å². The van der Waals surface area contributed by atoms with Crippen LogP contribution in [0.15, 0.2) is 18.2 Å². The second-order valence-corrected chi connectivity index (χ2v) is 10.1. The molecule has 1 aliphatic heterocycles. The van der Waals surface area contributed by atoms with E-state index in [2.05, 4.69) is 24.3 Å². The third kappa shape index (κ3) is 3.56. The molecule has 0 radical (unpaired) electrons. The minimum absolute atomic E-state index is 0.0934. The minimum atomic E-state index is -4.47.